The molecule has 0 aliphatic heterocycles. The van der Waals surface area contributed by atoms with Crippen LogP contribution in [-0.4, -0.2) is 6.54 Å². The Hall–Kier alpha value is -0.970. The number of allylic oxidation sites excluding steroid dienone is 1. The van der Waals surface area contributed by atoms with E-state index in [2.05, 4.69) is 21.2 Å². The van der Waals surface area contributed by atoms with Crippen molar-refractivity contribution >= 4 is 21.6 Å². The van der Waals surface area contributed by atoms with Gasteiger partial charge in [0, 0.05) is 16.7 Å². The van der Waals surface area contributed by atoms with Crippen LogP contribution in [0.3, 0.4) is 0 Å². The minimum atomic E-state index is -4.30. The average molecular weight is 308 g/mol. The van der Waals surface area contributed by atoms with Gasteiger partial charge in [0.25, 0.3) is 0 Å². The van der Waals surface area contributed by atoms with Crippen LogP contribution in [0.25, 0.3) is 0 Å². The summed E-state index contributed by atoms with van der Waals surface area (Å²) in [5.41, 5.74) is 1.15. The van der Waals surface area contributed by atoms with Crippen molar-refractivity contribution in [1.82, 2.24) is 0 Å². The molecule has 0 radical (unpaired) electrons. The van der Waals surface area contributed by atoms with Gasteiger partial charge in [0.15, 0.2) is 0 Å². The molecular weight excluding hydrogens is 295 g/mol. The first-order valence-corrected chi connectivity index (χ1v) is 5.84. The molecule has 0 fully saturated rings. The molecule has 1 nitrogen and oxygen atoms in total. The van der Waals surface area contributed by atoms with Gasteiger partial charge in [0.1, 0.15) is 0 Å². The summed E-state index contributed by atoms with van der Waals surface area (Å²) in [6, 6.07) is 3.56. The Labute approximate surface area is 107 Å². The summed E-state index contributed by atoms with van der Waals surface area (Å²) in [6.45, 7) is 4.51. The van der Waals surface area contributed by atoms with E-state index in [0.29, 0.717) is 16.7 Å². The van der Waals surface area contributed by atoms with E-state index in [4.69, 9.17) is 0 Å². The first-order valence-electron chi connectivity index (χ1n) is 5.04. The molecule has 1 rings (SSSR count). The van der Waals surface area contributed by atoms with Crippen molar-refractivity contribution in [2.75, 3.05) is 11.9 Å². The second-order valence-corrected chi connectivity index (χ2v) is 4.71. The minimum absolute atomic E-state index is 0.412. The lowest BCUT2D eigenvalue weighted by Crippen LogP contribution is -2.06. The molecule has 0 atom stereocenters. The van der Waals surface area contributed by atoms with Gasteiger partial charge in [-0.05, 0) is 48.0 Å². The highest BCUT2D eigenvalue weighted by molar-refractivity contribution is 9.10. The van der Waals surface area contributed by atoms with Crippen molar-refractivity contribution in [1.29, 1.82) is 0 Å². The molecule has 0 unspecified atom stereocenters. The monoisotopic (exact) mass is 307 g/mol. The van der Waals surface area contributed by atoms with Gasteiger partial charge in [-0.15, -0.1) is 0 Å². The van der Waals surface area contributed by atoms with Crippen LogP contribution in [0.5, 0.6) is 0 Å². The van der Waals surface area contributed by atoms with Crippen LogP contribution >= 0.6 is 15.9 Å². The van der Waals surface area contributed by atoms with Gasteiger partial charge in [0.2, 0.25) is 0 Å². The minimum Gasteiger partial charge on any atom is -0.381 e. The van der Waals surface area contributed by atoms with E-state index in [1.807, 2.05) is 19.9 Å². The fourth-order valence-electron chi connectivity index (χ4n) is 1.20. The topological polar surface area (TPSA) is 12.0 Å². The van der Waals surface area contributed by atoms with Crippen LogP contribution in [0.4, 0.5) is 18.9 Å². The summed E-state index contributed by atoms with van der Waals surface area (Å²) >= 11 is 3.12. The molecule has 0 saturated carbocycles. The van der Waals surface area contributed by atoms with Crippen LogP contribution in [0, 0.1) is 0 Å². The number of hydrogen-bond acceptors (Lipinski definition) is 1. The standard InChI is InChI=1S/C12H13BrF3N/c1-8(2)5-6-17-11-4-3-9(7-10(11)13)12(14,15)16/h3-5,7,17H,6H2,1-2H3. The fourth-order valence-corrected chi connectivity index (χ4v) is 1.72. The summed E-state index contributed by atoms with van der Waals surface area (Å²) in [5.74, 6) is 0. The number of halogens is 4. The highest BCUT2D eigenvalue weighted by Gasteiger charge is 2.30. The van der Waals surface area contributed by atoms with Gasteiger partial charge in [-0.1, -0.05) is 11.6 Å². The van der Waals surface area contributed by atoms with Crippen LogP contribution in [0.1, 0.15) is 19.4 Å². The zero-order valence-electron chi connectivity index (χ0n) is 9.53. The van der Waals surface area contributed by atoms with E-state index >= 15 is 0 Å². The van der Waals surface area contributed by atoms with Crippen molar-refractivity contribution in [3.8, 4) is 0 Å². The Morgan fingerprint density at radius 1 is 1.35 bits per heavy atom. The Bertz CT molecular complexity index is 420. The zero-order chi connectivity index (χ0) is 13.1. The summed E-state index contributed by atoms with van der Waals surface area (Å²) in [4.78, 5) is 0. The SMILES string of the molecule is CC(C)=CCNc1ccc(C(F)(F)F)cc1Br. The molecule has 1 aromatic rings. The zero-order valence-corrected chi connectivity index (χ0v) is 11.1. The van der Waals surface area contributed by atoms with E-state index in [9.17, 15) is 13.2 Å². The predicted molar refractivity (Wildman–Crippen MR) is 67.1 cm³/mol. The molecule has 5 heteroatoms. The van der Waals surface area contributed by atoms with E-state index in [1.165, 1.54) is 6.07 Å². The Kier molecular flexibility index (Phi) is 4.62. The first kappa shape index (κ1) is 14.1. The lowest BCUT2D eigenvalue weighted by molar-refractivity contribution is -0.137. The van der Waals surface area contributed by atoms with Gasteiger partial charge < -0.3 is 5.32 Å². The number of hydrogen-bond donors (Lipinski definition) is 1. The molecule has 1 aromatic carbocycles. The smallest absolute Gasteiger partial charge is 0.381 e. The summed E-state index contributed by atoms with van der Waals surface area (Å²) < 4.78 is 37.6. The van der Waals surface area contributed by atoms with Crippen LogP contribution in [0.15, 0.2) is 34.3 Å². The molecule has 17 heavy (non-hydrogen) atoms. The van der Waals surface area contributed by atoms with Gasteiger partial charge in [0.05, 0.1) is 5.56 Å². The number of nitrogens with one attached hydrogen (secondary N) is 1. The molecule has 0 amide bonds. The highest BCUT2D eigenvalue weighted by atomic mass is 79.9. The van der Waals surface area contributed by atoms with Gasteiger partial charge in [-0.2, -0.15) is 13.2 Å². The third-order valence-corrected chi connectivity index (χ3v) is 2.76. The van der Waals surface area contributed by atoms with Gasteiger partial charge >= 0.3 is 6.18 Å². The second kappa shape index (κ2) is 5.58. The number of anilines is 1. The van der Waals surface area contributed by atoms with E-state index in [-0.39, 0.29) is 0 Å². The summed E-state index contributed by atoms with van der Waals surface area (Å²) in [5, 5.41) is 3.03. The van der Waals surface area contributed by atoms with Crippen molar-refractivity contribution in [2.45, 2.75) is 20.0 Å². The number of alkyl halides is 3. The molecule has 0 aliphatic rings. The van der Waals surface area contributed by atoms with E-state index < -0.39 is 11.7 Å². The van der Waals surface area contributed by atoms with E-state index in [0.717, 1.165) is 17.7 Å². The Morgan fingerprint density at radius 2 is 2.00 bits per heavy atom. The highest BCUT2D eigenvalue weighted by Crippen LogP contribution is 2.33. The van der Waals surface area contributed by atoms with Crippen molar-refractivity contribution in [3.05, 3.63) is 39.9 Å². The lowest BCUT2D eigenvalue weighted by atomic mass is 10.2. The third-order valence-electron chi connectivity index (χ3n) is 2.10. The molecule has 0 spiro atoms. The molecule has 1 N–H and O–H groups in total. The molecule has 0 aliphatic carbocycles. The predicted octanol–water partition coefficient (Wildman–Crippen LogP) is 4.85. The Balaban J connectivity index is 2.80. The average Bonchev–Trinajstić information content (AvgIpc) is 2.18. The molecule has 94 valence electrons. The molecule has 0 heterocycles. The Morgan fingerprint density at radius 3 is 2.47 bits per heavy atom. The van der Waals surface area contributed by atoms with Gasteiger partial charge in [-0.3, -0.25) is 0 Å². The van der Waals surface area contributed by atoms with Crippen LogP contribution < -0.4 is 5.32 Å². The maximum atomic E-state index is 12.4. The summed E-state index contributed by atoms with van der Waals surface area (Å²) in [7, 11) is 0. The number of benzene rings is 1. The normalized spacial score (nSPS) is 11.2. The molecular formula is C12H13BrF3N. The quantitative estimate of drug-likeness (QED) is 0.787. The second-order valence-electron chi connectivity index (χ2n) is 3.85. The van der Waals surface area contributed by atoms with Crippen molar-refractivity contribution < 1.29 is 13.2 Å². The maximum absolute atomic E-state index is 12.4. The molecule has 0 saturated heterocycles. The molecule has 0 bridgehead atoms. The van der Waals surface area contributed by atoms with Crippen LogP contribution in [-0.2, 0) is 6.18 Å². The van der Waals surface area contributed by atoms with Gasteiger partial charge in [-0.25, -0.2) is 0 Å². The van der Waals surface area contributed by atoms with Crippen LogP contribution in [0.2, 0.25) is 0 Å². The first-order chi connectivity index (χ1) is 7.80. The lowest BCUT2D eigenvalue weighted by Gasteiger charge is -2.11. The molecule has 0 aromatic heterocycles. The largest absolute Gasteiger partial charge is 0.416 e. The van der Waals surface area contributed by atoms with Crippen molar-refractivity contribution in [3.63, 3.8) is 0 Å². The fraction of sp³-hybridized carbons (Fsp3) is 0.333. The number of rotatable bonds is 3. The van der Waals surface area contributed by atoms with Crippen molar-refractivity contribution in [2.24, 2.45) is 0 Å². The third kappa shape index (κ3) is 4.42. The maximum Gasteiger partial charge on any atom is 0.416 e. The van der Waals surface area contributed by atoms with E-state index in [1.54, 1.807) is 0 Å². The summed E-state index contributed by atoms with van der Waals surface area (Å²) in [6.07, 6.45) is -2.34.